The van der Waals surface area contributed by atoms with Crippen LogP contribution in [0.25, 0.3) is 0 Å². The number of carboxylic acid groups (broad SMARTS) is 1. The summed E-state index contributed by atoms with van der Waals surface area (Å²) in [7, 11) is 0. The van der Waals surface area contributed by atoms with Crippen molar-refractivity contribution in [2.24, 2.45) is 0 Å². The maximum atomic E-state index is 10.7. The number of nitrogens with zero attached hydrogens (tertiary/aromatic N) is 4. The minimum Gasteiger partial charge on any atom is -0.480 e. The Kier molecular flexibility index (Phi) is 4.09. The van der Waals surface area contributed by atoms with Crippen LogP contribution in [0.15, 0.2) is 12.3 Å². The van der Waals surface area contributed by atoms with Crippen LogP contribution >= 0.6 is 0 Å². The molecule has 2 heterocycles. The first-order valence-corrected chi connectivity index (χ1v) is 6.14. The average Bonchev–Trinajstić information content (AvgIpc) is 2.54. The minimum atomic E-state index is -0.763. The van der Waals surface area contributed by atoms with E-state index in [-0.39, 0.29) is 6.54 Å². The summed E-state index contributed by atoms with van der Waals surface area (Å²) in [6, 6.07) is 1.90. The summed E-state index contributed by atoms with van der Waals surface area (Å²) in [5.41, 5.74) is 0. The number of carboxylic acids is 1. The fraction of sp³-hybridized carbons (Fsp3) is 0.583. The van der Waals surface area contributed by atoms with Gasteiger partial charge >= 0.3 is 5.97 Å². The van der Waals surface area contributed by atoms with Gasteiger partial charge in [0, 0.05) is 32.4 Å². The van der Waals surface area contributed by atoms with Crippen LogP contribution in [0.2, 0.25) is 0 Å². The summed E-state index contributed by atoms with van der Waals surface area (Å²) in [6.45, 7) is 5.30. The van der Waals surface area contributed by atoms with Crippen molar-refractivity contribution in [3.63, 3.8) is 0 Å². The number of hydrogen-bond donors (Lipinski definition) is 1. The highest BCUT2D eigenvalue weighted by Crippen LogP contribution is 2.13. The summed E-state index contributed by atoms with van der Waals surface area (Å²) < 4.78 is 0. The van der Waals surface area contributed by atoms with Crippen LogP contribution in [0.5, 0.6) is 0 Å². The van der Waals surface area contributed by atoms with Gasteiger partial charge in [0.2, 0.25) is 0 Å². The first-order valence-electron chi connectivity index (χ1n) is 6.14. The molecule has 0 saturated carbocycles. The molecular formula is C12H18N4O2. The lowest BCUT2D eigenvalue weighted by Crippen LogP contribution is -2.34. The number of aromatic nitrogens is 2. The molecule has 0 unspecified atom stereocenters. The predicted octanol–water partition coefficient (Wildman–Crippen LogP) is 0.382. The summed E-state index contributed by atoms with van der Waals surface area (Å²) >= 11 is 0. The molecule has 1 aliphatic heterocycles. The van der Waals surface area contributed by atoms with Gasteiger partial charge in [0.1, 0.15) is 11.6 Å². The monoisotopic (exact) mass is 250 g/mol. The third-order valence-electron chi connectivity index (χ3n) is 3.03. The molecule has 6 heteroatoms. The molecule has 1 aromatic rings. The van der Waals surface area contributed by atoms with Gasteiger partial charge < -0.3 is 10.0 Å². The van der Waals surface area contributed by atoms with Gasteiger partial charge in [-0.3, -0.25) is 9.69 Å². The summed E-state index contributed by atoms with van der Waals surface area (Å²) in [5.74, 6) is 0.931. The fourth-order valence-electron chi connectivity index (χ4n) is 2.17. The Hall–Kier alpha value is -1.69. The van der Waals surface area contributed by atoms with Crippen molar-refractivity contribution in [3.8, 4) is 0 Å². The van der Waals surface area contributed by atoms with Crippen LogP contribution in [0.4, 0.5) is 5.82 Å². The third-order valence-corrected chi connectivity index (χ3v) is 3.03. The maximum Gasteiger partial charge on any atom is 0.317 e. The van der Waals surface area contributed by atoms with Crippen molar-refractivity contribution < 1.29 is 9.90 Å². The molecule has 0 atom stereocenters. The molecule has 2 rings (SSSR count). The summed E-state index contributed by atoms with van der Waals surface area (Å²) in [5, 5.41) is 8.80. The second kappa shape index (κ2) is 5.77. The summed E-state index contributed by atoms with van der Waals surface area (Å²) in [6.07, 6.45) is 2.72. The van der Waals surface area contributed by atoms with Crippen LogP contribution in [-0.4, -0.2) is 58.7 Å². The molecular weight excluding hydrogens is 232 g/mol. The zero-order chi connectivity index (χ0) is 13.0. The van der Waals surface area contributed by atoms with Gasteiger partial charge in [0.15, 0.2) is 0 Å². The SMILES string of the molecule is Cc1nccc(N2CCCN(CC(=O)O)CC2)n1. The largest absolute Gasteiger partial charge is 0.480 e. The Morgan fingerprint density at radius 2 is 2.22 bits per heavy atom. The lowest BCUT2D eigenvalue weighted by Gasteiger charge is -2.22. The van der Waals surface area contributed by atoms with Crippen LogP contribution < -0.4 is 4.90 Å². The molecule has 0 aromatic carbocycles. The first kappa shape index (κ1) is 12.8. The molecule has 1 N–H and O–H groups in total. The zero-order valence-electron chi connectivity index (χ0n) is 10.5. The van der Waals surface area contributed by atoms with Gasteiger partial charge in [-0.15, -0.1) is 0 Å². The number of aryl methyl sites for hydroxylation is 1. The Labute approximate surface area is 106 Å². The van der Waals surface area contributed by atoms with E-state index in [1.54, 1.807) is 6.20 Å². The molecule has 1 fully saturated rings. The number of rotatable bonds is 3. The molecule has 0 radical (unpaired) electrons. The van der Waals surface area contributed by atoms with E-state index in [1.807, 2.05) is 17.9 Å². The highest BCUT2D eigenvalue weighted by molar-refractivity contribution is 5.69. The molecule has 1 aliphatic rings. The van der Waals surface area contributed by atoms with E-state index in [4.69, 9.17) is 5.11 Å². The molecule has 0 spiro atoms. The molecule has 0 aliphatic carbocycles. The van der Waals surface area contributed by atoms with Crippen molar-refractivity contribution in [2.75, 3.05) is 37.6 Å². The van der Waals surface area contributed by atoms with Crippen LogP contribution in [0.3, 0.4) is 0 Å². The second-order valence-electron chi connectivity index (χ2n) is 4.47. The molecule has 1 saturated heterocycles. The Bertz CT molecular complexity index is 424. The molecule has 98 valence electrons. The summed E-state index contributed by atoms with van der Waals surface area (Å²) in [4.78, 5) is 23.4. The lowest BCUT2D eigenvalue weighted by atomic mass is 10.3. The smallest absolute Gasteiger partial charge is 0.317 e. The lowest BCUT2D eigenvalue weighted by molar-refractivity contribution is -0.138. The topological polar surface area (TPSA) is 69.6 Å². The normalized spacial score (nSPS) is 17.5. The fourth-order valence-corrected chi connectivity index (χ4v) is 2.17. The van der Waals surface area contributed by atoms with Gasteiger partial charge in [-0.2, -0.15) is 0 Å². The number of carbonyl (C=O) groups is 1. The molecule has 1 aromatic heterocycles. The van der Waals surface area contributed by atoms with E-state index in [0.29, 0.717) is 0 Å². The highest BCUT2D eigenvalue weighted by Gasteiger charge is 2.17. The van der Waals surface area contributed by atoms with Crippen molar-refractivity contribution in [3.05, 3.63) is 18.1 Å². The van der Waals surface area contributed by atoms with Gasteiger partial charge in [-0.1, -0.05) is 0 Å². The van der Waals surface area contributed by atoms with Crippen LogP contribution in [0, 0.1) is 6.92 Å². The van der Waals surface area contributed by atoms with E-state index in [2.05, 4.69) is 14.9 Å². The minimum absolute atomic E-state index is 0.122. The number of aliphatic carboxylic acids is 1. The van der Waals surface area contributed by atoms with E-state index < -0.39 is 5.97 Å². The highest BCUT2D eigenvalue weighted by atomic mass is 16.4. The van der Waals surface area contributed by atoms with Gasteiger partial charge in [-0.05, 0) is 19.4 Å². The Morgan fingerprint density at radius 3 is 2.94 bits per heavy atom. The maximum absolute atomic E-state index is 10.7. The van der Waals surface area contributed by atoms with Crippen molar-refractivity contribution in [1.29, 1.82) is 0 Å². The third kappa shape index (κ3) is 3.40. The Morgan fingerprint density at radius 1 is 1.39 bits per heavy atom. The van der Waals surface area contributed by atoms with Gasteiger partial charge in [0.25, 0.3) is 0 Å². The van der Waals surface area contributed by atoms with Gasteiger partial charge in [-0.25, -0.2) is 9.97 Å². The number of anilines is 1. The predicted molar refractivity (Wildman–Crippen MR) is 67.7 cm³/mol. The van der Waals surface area contributed by atoms with Crippen LogP contribution in [0.1, 0.15) is 12.2 Å². The van der Waals surface area contributed by atoms with E-state index in [1.165, 1.54) is 0 Å². The van der Waals surface area contributed by atoms with E-state index in [9.17, 15) is 4.79 Å². The van der Waals surface area contributed by atoms with E-state index >= 15 is 0 Å². The van der Waals surface area contributed by atoms with Gasteiger partial charge in [0.05, 0.1) is 6.54 Å². The molecule has 6 nitrogen and oxygen atoms in total. The average molecular weight is 250 g/mol. The molecule has 18 heavy (non-hydrogen) atoms. The molecule has 0 bridgehead atoms. The van der Waals surface area contributed by atoms with E-state index in [0.717, 1.165) is 44.2 Å². The quantitative estimate of drug-likeness (QED) is 0.836. The van der Waals surface area contributed by atoms with Crippen molar-refractivity contribution in [1.82, 2.24) is 14.9 Å². The van der Waals surface area contributed by atoms with Crippen molar-refractivity contribution >= 4 is 11.8 Å². The first-order chi connectivity index (χ1) is 8.65. The zero-order valence-corrected chi connectivity index (χ0v) is 10.5. The van der Waals surface area contributed by atoms with Crippen LogP contribution in [-0.2, 0) is 4.79 Å². The molecule has 0 amide bonds. The second-order valence-corrected chi connectivity index (χ2v) is 4.47. The van der Waals surface area contributed by atoms with Crippen molar-refractivity contribution in [2.45, 2.75) is 13.3 Å². The standard InChI is InChI=1S/C12H18N4O2/c1-10-13-4-3-11(14-10)16-6-2-5-15(7-8-16)9-12(17)18/h3-4H,2,5-9H2,1H3,(H,17,18). The Balaban J connectivity index is 1.98. The number of hydrogen-bond acceptors (Lipinski definition) is 5.